The van der Waals surface area contributed by atoms with Gasteiger partial charge in [-0.2, -0.15) is 0 Å². The summed E-state index contributed by atoms with van der Waals surface area (Å²) in [4.78, 5) is 0. The first-order chi connectivity index (χ1) is 12.0. The molecule has 1 atom stereocenters. The van der Waals surface area contributed by atoms with Crippen molar-refractivity contribution in [3.05, 3.63) is 41.5 Å². The van der Waals surface area contributed by atoms with Crippen LogP contribution in [0.2, 0.25) is 0 Å². The zero-order chi connectivity index (χ0) is 18.0. The minimum atomic E-state index is -0.139. The molecule has 1 fully saturated rings. The van der Waals surface area contributed by atoms with Gasteiger partial charge in [-0.15, -0.1) is 10.2 Å². The molecular weight excluding hydrogens is 312 g/mol. The fraction of sp³-hybridized carbons (Fsp3) is 0.600. The second-order valence-corrected chi connectivity index (χ2v) is 7.57. The highest BCUT2D eigenvalue weighted by molar-refractivity contribution is 5.30. The predicted molar refractivity (Wildman–Crippen MR) is 99.8 cm³/mol. The van der Waals surface area contributed by atoms with Crippen LogP contribution in [0.15, 0.2) is 24.3 Å². The summed E-state index contributed by atoms with van der Waals surface area (Å²) < 4.78 is 8.26. The number of nitrogens with two attached hydrogens (primary N) is 1. The molecule has 1 heterocycles. The zero-order valence-electron chi connectivity index (χ0n) is 15.8. The molecule has 0 unspecified atom stereocenters. The molecular formula is C20H30N4O. The van der Waals surface area contributed by atoms with Crippen molar-refractivity contribution in [2.75, 3.05) is 0 Å². The summed E-state index contributed by atoms with van der Waals surface area (Å²) >= 11 is 0. The van der Waals surface area contributed by atoms with E-state index in [1.807, 2.05) is 26.1 Å². The molecule has 1 aromatic carbocycles. The zero-order valence-corrected chi connectivity index (χ0v) is 15.8. The van der Waals surface area contributed by atoms with Crippen LogP contribution in [-0.4, -0.2) is 20.8 Å². The smallest absolute Gasteiger partial charge is 0.173 e. The third-order valence-electron chi connectivity index (χ3n) is 5.28. The van der Waals surface area contributed by atoms with Crippen molar-refractivity contribution in [3.63, 3.8) is 0 Å². The summed E-state index contributed by atoms with van der Waals surface area (Å²) in [6.45, 7) is 6.41. The lowest BCUT2D eigenvalue weighted by Gasteiger charge is -2.25. The Labute approximate surface area is 150 Å². The summed E-state index contributed by atoms with van der Waals surface area (Å²) in [6, 6.07) is 8.64. The quantitative estimate of drug-likeness (QED) is 0.890. The standard InChI is InChI=1S/C20H30N4O/c1-13(2)16-6-5-7-18(12-16)25-14(3)19-22-23-20(24(19)4)15-8-10-17(21)11-9-15/h5-7,12-15,17H,8-11,21H2,1-4H3/t14-,15-,17-/m1/s1. The first-order valence-electron chi connectivity index (χ1n) is 9.37. The second kappa shape index (κ2) is 7.56. The summed E-state index contributed by atoms with van der Waals surface area (Å²) in [5.41, 5.74) is 7.30. The Morgan fingerprint density at radius 2 is 1.84 bits per heavy atom. The van der Waals surface area contributed by atoms with Gasteiger partial charge in [0.1, 0.15) is 11.6 Å². The Morgan fingerprint density at radius 3 is 2.52 bits per heavy atom. The van der Waals surface area contributed by atoms with Crippen molar-refractivity contribution in [1.82, 2.24) is 14.8 Å². The van der Waals surface area contributed by atoms with Crippen molar-refractivity contribution in [3.8, 4) is 5.75 Å². The van der Waals surface area contributed by atoms with Gasteiger partial charge in [-0.25, -0.2) is 0 Å². The minimum Gasteiger partial charge on any atom is -0.483 e. The molecule has 0 radical (unpaired) electrons. The highest BCUT2D eigenvalue weighted by Crippen LogP contribution is 2.32. The molecule has 5 nitrogen and oxygen atoms in total. The predicted octanol–water partition coefficient (Wildman–Crippen LogP) is 4.06. The van der Waals surface area contributed by atoms with Gasteiger partial charge in [0.2, 0.25) is 0 Å². The Hall–Kier alpha value is -1.88. The third-order valence-corrected chi connectivity index (χ3v) is 5.28. The van der Waals surface area contributed by atoms with E-state index >= 15 is 0 Å². The molecule has 0 saturated heterocycles. The first kappa shape index (κ1) is 17.9. The lowest BCUT2D eigenvalue weighted by atomic mass is 9.86. The second-order valence-electron chi connectivity index (χ2n) is 7.57. The van der Waals surface area contributed by atoms with Gasteiger partial charge in [0.05, 0.1) is 0 Å². The average Bonchev–Trinajstić information content (AvgIpc) is 2.97. The number of nitrogens with zero attached hydrogens (tertiary/aromatic N) is 3. The monoisotopic (exact) mass is 342 g/mol. The van der Waals surface area contributed by atoms with Gasteiger partial charge in [0.25, 0.3) is 0 Å². The molecule has 0 spiro atoms. The summed E-state index contributed by atoms with van der Waals surface area (Å²) in [6.07, 6.45) is 4.19. The van der Waals surface area contributed by atoms with Crippen molar-refractivity contribution < 1.29 is 4.74 Å². The van der Waals surface area contributed by atoms with E-state index in [1.165, 1.54) is 5.56 Å². The number of aromatic nitrogens is 3. The maximum absolute atomic E-state index is 6.15. The molecule has 5 heteroatoms. The van der Waals surface area contributed by atoms with Gasteiger partial charge < -0.3 is 15.0 Å². The molecule has 0 aliphatic heterocycles. The fourth-order valence-electron chi connectivity index (χ4n) is 3.64. The van der Waals surface area contributed by atoms with E-state index < -0.39 is 0 Å². The van der Waals surface area contributed by atoms with Crippen molar-refractivity contribution in [1.29, 1.82) is 0 Å². The van der Waals surface area contributed by atoms with Gasteiger partial charge in [-0.3, -0.25) is 0 Å². The van der Waals surface area contributed by atoms with E-state index in [4.69, 9.17) is 10.5 Å². The highest BCUT2D eigenvalue weighted by atomic mass is 16.5. The van der Waals surface area contributed by atoms with E-state index in [9.17, 15) is 0 Å². The van der Waals surface area contributed by atoms with Gasteiger partial charge in [0.15, 0.2) is 11.9 Å². The normalized spacial score (nSPS) is 22.2. The Kier molecular flexibility index (Phi) is 5.42. The largest absolute Gasteiger partial charge is 0.483 e. The Bertz CT molecular complexity index is 701. The van der Waals surface area contributed by atoms with Crippen LogP contribution >= 0.6 is 0 Å². The summed E-state index contributed by atoms with van der Waals surface area (Å²) in [5, 5.41) is 8.89. The molecule has 0 bridgehead atoms. The van der Waals surface area contributed by atoms with E-state index in [2.05, 4.69) is 40.7 Å². The molecule has 2 aromatic rings. The molecule has 0 amide bonds. The lowest BCUT2D eigenvalue weighted by molar-refractivity contribution is 0.211. The number of hydrogen-bond acceptors (Lipinski definition) is 4. The number of hydrogen-bond donors (Lipinski definition) is 1. The van der Waals surface area contributed by atoms with Crippen molar-refractivity contribution in [2.45, 2.75) is 70.4 Å². The van der Waals surface area contributed by atoms with E-state index in [1.54, 1.807) is 0 Å². The summed E-state index contributed by atoms with van der Waals surface area (Å²) in [5.74, 6) is 3.76. The number of ether oxygens (including phenoxy) is 1. The SMILES string of the molecule is CC(C)c1cccc(O[C@H](C)c2nnc([C@H]3CC[C@H](N)CC3)n2C)c1. The van der Waals surface area contributed by atoms with Crippen LogP contribution in [0.4, 0.5) is 0 Å². The fourth-order valence-corrected chi connectivity index (χ4v) is 3.64. The maximum atomic E-state index is 6.15. The lowest BCUT2D eigenvalue weighted by Crippen LogP contribution is -2.26. The van der Waals surface area contributed by atoms with Crippen molar-refractivity contribution in [2.24, 2.45) is 12.8 Å². The van der Waals surface area contributed by atoms with Crippen LogP contribution in [0.1, 0.15) is 81.6 Å². The van der Waals surface area contributed by atoms with Crippen LogP contribution in [0.25, 0.3) is 0 Å². The topological polar surface area (TPSA) is 66.0 Å². The number of benzene rings is 1. The van der Waals surface area contributed by atoms with Crippen molar-refractivity contribution >= 4 is 0 Å². The van der Waals surface area contributed by atoms with Crippen LogP contribution < -0.4 is 10.5 Å². The van der Waals surface area contributed by atoms with Gasteiger partial charge in [-0.05, 0) is 56.2 Å². The van der Waals surface area contributed by atoms with Crippen LogP contribution in [0.3, 0.4) is 0 Å². The van der Waals surface area contributed by atoms with E-state index in [-0.39, 0.29) is 6.10 Å². The summed E-state index contributed by atoms with van der Waals surface area (Å²) in [7, 11) is 2.05. The average molecular weight is 342 g/mol. The maximum Gasteiger partial charge on any atom is 0.173 e. The molecule has 136 valence electrons. The minimum absolute atomic E-state index is 0.139. The highest BCUT2D eigenvalue weighted by Gasteiger charge is 2.26. The molecule has 3 rings (SSSR count). The Balaban J connectivity index is 1.72. The van der Waals surface area contributed by atoms with Crippen LogP contribution in [-0.2, 0) is 7.05 Å². The van der Waals surface area contributed by atoms with Gasteiger partial charge >= 0.3 is 0 Å². The van der Waals surface area contributed by atoms with Crippen LogP contribution in [0.5, 0.6) is 5.75 Å². The van der Waals surface area contributed by atoms with Crippen LogP contribution in [0, 0.1) is 0 Å². The molecule has 2 N–H and O–H groups in total. The number of rotatable bonds is 5. The molecule has 1 aliphatic rings. The third kappa shape index (κ3) is 4.03. The first-order valence-corrected chi connectivity index (χ1v) is 9.37. The molecule has 25 heavy (non-hydrogen) atoms. The molecule has 1 saturated carbocycles. The van der Waals surface area contributed by atoms with Gasteiger partial charge in [0, 0.05) is 19.0 Å². The molecule has 1 aromatic heterocycles. The van der Waals surface area contributed by atoms with E-state index in [0.29, 0.717) is 17.9 Å². The van der Waals surface area contributed by atoms with Gasteiger partial charge in [-0.1, -0.05) is 26.0 Å². The Morgan fingerprint density at radius 1 is 1.12 bits per heavy atom. The molecule has 1 aliphatic carbocycles. The van der Waals surface area contributed by atoms with E-state index in [0.717, 1.165) is 43.1 Å².